The van der Waals surface area contributed by atoms with Crippen LogP contribution in [0, 0.1) is 0 Å². The zero-order valence-corrected chi connectivity index (χ0v) is 9.28. The molecule has 0 aliphatic heterocycles. The summed E-state index contributed by atoms with van der Waals surface area (Å²) in [6.07, 6.45) is 2.22. The van der Waals surface area contributed by atoms with E-state index in [2.05, 4.69) is 9.47 Å². The van der Waals surface area contributed by atoms with Gasteiger partial charge in [0.2, 0.25) is 11.6 Å². The third-order valence-corrected chi connectivity index (χ3v) is 1.45. The predicted octanol–water partition coefficient (Wildman–Crippen LogP) is 0.199. The van der Waals surface area contributed by atoms with E-state index in [-0.39, 0.29) is 23.1 Å². The molecule has 4 nitrogen and oxygen atoms in total. The maximum Gasteiger partial charge on any atom is 0.224 e. The molecule has 0 unspecified atom stereocenters. The minimum absolute atomic E-state index is 0. The first kappa shape index (κ1) is 10.4. The first-order chi connectivity index (χ1) is 5.69. The molecular weight excluding hydrogens is 419 g/mol. The molecule has 0 radical (unpaired) electrons. The van der Waals surface area contributed by atoms with E-state index in [1.165, 1.54) is 14.2 Å². The summed E-state index contributed by atoms with van der Waals surface area (Å²) >= 11 is 0. The second kappa shape index (κ2) is 3.71. The summed E-state index contributed by atoms with van der Waals surface area (Å²) in [6, 6.07) is 0. The van der Waals surface area contributed by atoms with Crippen molar-refractivity contribution in [3.63, 3.8) is 0 Å². The van der Waals surface area contributed by atoms with Crippen LogP contribution in [-0.4, -0.2) is 25.8 Å². The van der Waals surface area contributed by atoms with Gasteiger partial charge in [-0.3, -0.25) is 9.59 Å². The van der Waals surface area contributed by atoms with E-state index in [4.69, 9.17) is 0 Å². The van der Waals surface area contributed by atoms with Crippen LogP contribution in [0.5, 0.6) is 0 Å². The number of allylic oxidation sites excluding steroid dienone is 2. The smallest absolute Gasteiger partial charge is 0.224 e. The fourth-order valence-electron chi connectivity index (χ4n) is 0.842. The normalized spacial score (nSPS) is 15.5. The van der Waals surface area contributed by atoms with E-state index in [9.17, 15) is 9.59 Å². The molecular formula is C8H8NoO4. The average molecular weight is 427 g/mol. The Kier molecular flexibility index (Phi) is 2.97. The van der Waals surface area contributed by atoms with Crippen molar-refractivity contribution in [3.8, 4) is 0 Å². The number of ketones is 2. The number of carbonyl (C=O) groups is 2. The molecule has 0 spiro atoms. The molecule has 1 rings (SSSR count). The molecule has 0 atom stereocenters. The Morgan fingerprint density at radius 2 is 1.23 bits per heavy atom. The van der Waals surface area contributed by atoms with Crippen LogP contribution in [0.1, 0.15) is 0 Å². The van der Waals surface area contributed by atoms with Crippen molar-refractivity contribution in [2.75, 3.05) is 14.2 Å². The van der Waals surface area contributed by atoms with Crippen molar-refractivity contribution in [1.29, 1.82) is 0 Å². The van der Waals surface area contributed by atoms with E-state index < -0.39 is 0 Å². The van der Waals surface area contributed by atoms with Gasteiger partial charge < -0.3 is 9.47 Å². The van der Waals surface area contributed by atoms with Gasteiger partial charge in [-0.15, -0.1) is 0 Å². The van der Waals surface area contributed by atoms with Gasteiger partial charge in [0, 0.05) is 12.2 Å². The Morgan fingerprint density at radius 1 is 0.923 bits per heavy atom. The molecule has 1 aliphatic carbocycles. The van der Waals surface area contributed by atoms with Gasteiger partial charge in [0.25, 0.3) is 0 Å². The molecule has 0 N–H and O–H groups in total. The second-order valence-electron chi connectivity index (χ2n) is 2.15. The maximum absolute atomic E-state index is 11.0. The number of hydrogen-bond acceptors (Lipinski definition) is 4. The fourth-order valence-corrected chi connectivity index (χ4v) is 0.842. The molecule has 0 saturated heterocycles. The van der Waals surface area contributed by atoms with Crippen LogP contribution in [0.15, 0.2) is 23.7 Å². The first-order valence-electron chi connectivity index (χ1n) is 3.29. The summed E-state index contributed by atoms with van der Waals surface area (Å²) in [6.45, 7) is 0. The van der Waals surface area contributed by atoms with Crippen molar-refractivity contribution in [3.05, 3.63) is 23.7 Å². The van der Waals surface area contributed by atoms with Crippen LogP contribution in [0.25, 0.3) is 0 Å². The monoisotopic (exact) mass is 427 g/mol. The molecule has 0 aromatic heterocycles. The van der Waals surface area contributed by atoms with Crippen molar-refractivity contribution < 1.29 is 19.1 Å². The standard InChI is InChI=1S/C8H8O4.No/c1-11-7-3-6(10)8(12-2)4-5(7)9;/h3-4H,1-2H3;. The summed E-state index contributed by atoms with van der Waals surface area (Å²) in [5.41, 5.74) is 0. The van der Waals surface area contributed by atoms with Crippen LogP contribution in [0.4, 0.5) is 0 Å². The summed E-state index contributed by atoms with van der Waals surface area (Å²) < 4.78 is 9.31. The molecule has 0 saturated carbocycles. The van der Waals surface area contributed by atoms with E-state index in [1.54, 1.807) is 0 Å². The van der Waals surface area contributed by atoms with Gasteiger partial charge >= 0.3 is 0 Å². The number of hydrogen-bond donors (Lipinski definition) is 0. The van der Waals surface area contributed by atoms with Crippen LogP contribution >= 0.6 is 0 Å². The summed E-state index contributed by atoms with van der Waals surface area (Å²) in [5, 5.41) is 0. The largest absolute Gasteiger partial charge is 0.493 e. The molecule has 0 aromatic rings. The minimum Gasteiger partial charge on any atom is -0.493 e. The van der Waals surface area contributed by atoms with Gasteiger partial charge in [-0.2, -0.15) is 0 Å². The summed E-state index contributed by atoms with van der Waals surface area (Å²) in [4.78, 5) is 22.1. The van der Waals surface area contributed by atoms with Crippen LogP contribution in [-0.2, 0) is 19.1 Å². The number of ether oxygens (including phenoxy) is 2. The SMILES string of the molecule is COC1=CC(=O)C(OC)=CC1=O.[No]. The molecule has 0 fully saturated rings. The molecule has 13 heavy (non-hydrogen) atoms. The van der Waals surface area contributed by atoms with Gasteiger partial charge in [-0.05, 0) is 0 Å². The third kappa shape index (κ3) is 1.71. The van der Waals surface area contributed by atoms with E-state index >= 15 is 0 Å². The Morgan fingerprint density at radius 3 is 1.46 bits per heavy atom. The zero-order valence-electron chi connectivity index (χ0n) is 7.05. The van der Waals surface area contributed by atoms with Gasteiger partial charge in [0.05, 0.1) is 14.2 Å². The first-order valence-corrected chi connectivity index (χ1v) is 3.29. The van der Waals surface area contributed by atoms with Crippen LogP contribution in [0.3, 0.4) is 0 Å². The molecule has 0 bridgehead atoms. The van der Waals surface area contributed by atoms with Crippen molar-refractivity contribution in [1.82, 2.24) is 0 Å². The van der Waals surface area contributed by atoms with Crippen LogP contribution in [0.2, 0.25) is 0 Å². The number of carbonyl (C=O) groups excluding carboxylic acids is 2. The van der Waals surface area contributed by atoms with Crippen molar-refractivity contribution >= 4 is 11.6 Å². The number of rotatable bonds is 2. The number of methoxy groups -OCH3 is 2. The Labute approximate surface area is 69.5 Å². The van der Waals surface area contributed by atoms with Crippen molar-refractivity contribution in [2.45, 2.75) is 0 Å². The van der Waals surface area contributed by atoms with Gasteiger partial charge in [-0.25, -0.2) is 0 Å². The summed E-state index contributed by atoms with van der Waals surface area (Å²) in [7, 11) is 2.67. The van der Waals surface area contributed by atoms with E-state index in [1.807, 2.05) is 0 Å². The summed E-state index contributed by atoms with van der Waals surface area (Å²) in [5.74, 6) is -0.621. The molecule has 0 aromatic carbocycles. The second-order valence-corrected chi connectivity index (χ2v) is 2.15. The van der Waals surface area contributed by atoms with Gasteiger partial charge in [0.1, 0.15) is 0 Å². The predicted molar refractivity (Wildman–Crippen MR) is 40.2 cm³/mol. The molecule has 0 heterocycles. The molecule has 5 heteroatoms. The average Bonchev–Trinajstić information content (AvgIpc) is 2.08. The minimum atomic E-state index is -0.353. The quantitative estimate of drug-likeness (QED) is 0.592. The van der Waals surface area contributed by atoms with Crippen LogP contribution < -0.4 is 0 Å². The van der Waals surface area contributed by atoms with E-state index in [0.717, 1.165) is 12.2 Å². The zero-order chi connectivity index (χ0) is 9.14. The Hall–Kier alpha value is -2.58. The fraction of sp³-hybridized carbons (Fsp3) is 0.250. The Bertz CT molecular complexity index is 261. The maximum atomic E-state index is 11.0. The van der Waals surface area contributed by atoms with Crippen molar-refractivity contribution in [2.24, 2.45) is 0 Å². The topological polar surface area (TPSA) is 52.6 Å². The molecule has 0 amide bonds. The molecule has 1 aliphatic rings. The van der Waals surface area contributed by atoms with E-state index in [0.29, 0.717) is 0 Å². The third-order valence-electron chi connectivity index (χ3n) is 1.45. The Balaban J connectivity index is 0.00000144. The molecule has 78 valence electrons. The van der Waals surface area contributed by atoms with Gasteiger partial charge in [0.15, 0.2) is 11.5 Å². The van der Waals surface area contributed by atoms with Gasteiger partial charge in [-0.1, -0.05) is 0 Å².